The Morgan fingerprint density at radius 1 is 1.57 bits per heavy atom. The molecule has 2 aromatic rings. The first kappa shape index (κ1) is 9.02. The monoisotopic (exact) mass is 210 g/mol. The number of fused-ring (bicyclic) bond motifs is 1. The van der Waals surface area contributed by atoms with Gasteiger partial charge in [-0.3, -0.25) is 4.40 Å². The van der Waals surface area contributed by atoms with E-state index < -0.39 is 5.97 Å². The predicted molar refractivity (Wildman–Crippen MR) is 51.5 cm³/mol. The van der Waals surface area contributed by atoms with Gasteiger partial charge >= 0.3 is 5.97 Å². The molecule has 2 rings (SSSR count). The van der Waals surface area contributed by atoms with Crippen LogP contribution in [0, 0.1) is 0 Å². The lowest BCUT2D eigenvalue weighted by Gasteiger charge is -1.93. The molecule has 0 fully saturated rings. The molecular weight excluding hydrogens is 204 g/mol. The third-order valence-electron chi connectivity index (χ3n) is 1.84. The van der Waals surface area contributed by atoms with Gasteiger partial charge in [0.2, 0.25) is 0 Å². The van der Waals surface area contributed by atoms with Crippen LogP contribution in [0.5, 0.6) is 0 Å². The number of esters is 1. The lowest BCUT2D eigenvalue weighted by atomic mass is 10.5. The number of hydrogen-bond acceptors (Lipinski definition) is 3. The lowest BCUT2D eigenvalue weighted by molar-refractivity contribution is 0.0595. The first-order chi connectivity index (χ1) is 6.72. The molecule has 0 radical (unpaired) electrons. The minimum atomic E-state index is -0.468. The van der Waals surface area contributed by atoms with Crippen LogP contribution in [0.15, 0.2) is 24.4 Å². The Labute approximate surface area is 85.1 Å². The van der Waals surface area contributed by atoms with Gasteiger partial charge < -0.3 is 4.74 Å². The summed E-state index contributed by atoms with van der Waals surface area (Å²) in [5.41, 5.74) is 0.874. The van der Waals surface area contributed by atoms with Crippen LogP contribution in [0.2, 0.25) is 5.15 Å². The van der Waals surface area contributed by atoms with Gasteiger partial charge in [0.25, 0.3) is 0 Å². The van der Waals surface area contributed by atoms with Crippen molar-refractivity contribution in [2.24, 2.45) is 0 Å². The molecule has 0 saturated heterocycles. The summed E-state index contributed by atoms with van der Waals surface area (Å²) in [7, 11) is 1.31. The number of halogens is 1. The molecule has 4 nitrogen and oxygen atoms in total. The summed E-state index contributed by atoms with van der Waals surface area (Å²) < 4.78 is 6.17. The fraction of sp³-hybridized carbons (Fsp3) is 0.111. The third-order valence-corrected chi connectivity index (χ3v) is 2.15. The highest BCUT2D eigenvalue weighted by Crippen LogP contribution is 2.13. The summed E-state index contributed by atoms with van der Waals surface area (Å²) >= 11 is 5.89. The van der Waals surface area contributed by atoms with Crippen molar-refractivity contribution in [1.29, 1.82) is 0 Å². The summed E-state index contributed by atoms with van der Waals surface area (Å²) in [5.74, 6) is -0.468. The number of rotatable bonds is 1. The number of pyridine rings is 1. The SMILES string of the molecule is COC(=O)c1cn2c(Cl)cccc2n1. The normalized spacial score (nSPS) is 10.4. The summed E-state index contributed by atoms with van der Waals surface area (Å²) in [6.45, 7) is 0. The maximum atomic E-state index is 11.2. The molecule has 0 aliphatic carbocycles. The van der Waals surface area contributed by atoms with Crippen molar-refractivity contribution >= 4 is 23.2 Å². The molecule has 14 heavy (non-hydrogen) atoms. The third kappa shape index (κ3) is 1.33. The average molecular weight is 211 g/mol. The molecule has 72 valence electrons. The van der Waals surface area contributed by atoms with Crippen molar-refractivity contribution in [2.75, 3.05) is 7.11 Å². The Balaban J connectivity index is 2.62. The van der Waals surface area contributed by atoms with Gasteiger partial charge in [-0.25, -0.2) is 9.78 Å². The minimum Gasteiger partial charge on any atom is -0.464 e. The van der Waals surface area contributed by atoms with Gasteiger partial charge in [-0.05, 0) is 12.1 Å². The van der Waals surface area contributed by atoms with Gasteiger partial charge in [0, 0.05) is 6.20 Å². The van der Waals surface area contributed by atoms with E-state index in [1.807, 2.05) is 0 Å². The van der Waals surface area contributed by atoms with E-state index in [2.05, 4.69) is 9.72 Å². The topological polar surface area (TPSA) is 43.6 Å². The second kappa shape index (κ2) is 3.31. The molecule has 2 heterocycles. The molecule has 0 saturated carbocycles. The van der Waals surface area contributed by atoms with E-state index in [-0.39, 0.29) is 5.69 Å². The van der Waals surface area contributed by atoms with Gasteiger partial charge in [0.05, 0.1) is 7.11 Å². The zero-order valence-electron chi connectivity index (χ0n) is 7.40. The Morgan fingerprint density at radius 3 is 3.00 bits per heavy atom. The summed E-state index contributed by atoms with van der Waals surface area (Å²) in [5, 5.41) is 0.505. The lowest BCUT2D eigenvalue weighted by Crippen LogP contribution is -2.00. The largest absolute Gasteiger partial charge is 0.464 e. The molecule has 0 amide bonds. The molecule has 5 heteroatoms. The molecular formula is C9H7ClN2O2. The van der Waals surface area contributed by atoms with Crippen LogP contribution in [0.25, 0.3) is 5.65 Å². The second-order valence-electron chi connectivity index (χ2n) is 2.69. The summed E-state index contributed by atoms with van der Waals surface area (Å²) in [6.07, 6.45) is 1.55. The second-order valence-corrected chi connectivity index (χ2v) is 3.08. The van der Waals surface area contributed by atoms with E-state index in [1.165, 1.54) is 7.11 Å². The molecule has 0 unspecified atom stereocenters. The number of carbonyl (C=O) groups is 1. The number of imidazole rings is 1. The van der Waals surface area contributed by atoms with Crippen LogP contribution in [0.3, 0.4) is 0 Å². The number of methoxy groups -OCH3 is 1. The van der Waals surface area contributed by atoms with Gasteiger partial charge in [0.1, 0.15) is 10.8 Å². The summed E-state index contributed by atoms with van der Waals surface area (Å²) in [6, 6.07) is 5.25. The quantitative estimate of drug-likeness (QED) is 0.532. The van der Waals surface area contributed by atoms with Crippen molar-refractivity contribution < 1.29 is 9.53 Å². The van der Waals surface area contributed by atoms with Crippen LogP contribution in [-0.4, -0.2) is 22.5 Å². The average Bonchev–Trinajstić information content (AvgIpc) is 2.62. The number of carbonyl (C=O) groups excluding carboxylic acids is 1. The van der Waals surface area contributed by atoms with Crippen LogP contribution in [0.1, 0.15) is 10.5 Å². The molecule has 0 bridgehead atoms. The maximum Gasteiger partial charge on any atom is 0.358 e. The molecule has 0 aliphatic rings. The van der Waals surface area contributed by atoms with Gasteiger partial charge in [-0.15, -0.1) is 0 Å². The van der Waals surface area contributed by atoms with E-state index in [9.17, 15) is 4.79 Å². The van der Waals surface area contributed by atoms with Gasteiger partial charge in [-0.2, -0.15) is 0 Å². The molecule has 0 aliphatic heterocycles. The van der Waals surface area contributed by atoms with E-state index in [4.69, 9.17) is 11.6 Å². The first-order valence-corrected chi connectivity index (χ1v) is 4.32. The highest BCUT2D eigenvalue weighted by Gasteiger charge is 2.11. The number of hydrogen-bond donors (Lipinski definition) is 0. The van der Waals surface area contributed by atoms with Crippen molar-refractivity contribution in [3.05, 3.63) is 35.2 Å². The first-order valence-electron chi connectivity index (χ1n) is 3.94. The maximum absolute atomic E-state index is 11.2. The minimum absolute atomic E-state index is 0.251. The Bertz CT molecular complexity index is 493. The van der Waals surface area contributed by atoms with Gasteiger partial charge in [-0.1, -0.05) is 17.7 Å². The fourth-order valence-corrected chi connectivity index (χ4v) is 1.39. The van der Waals surface area contributed by atoms with Crippen LogP contribution >= 0.6 is 11.6 Å². The highest BCUT2D eigenvalue weighted by atomic mass is 35.5. The van der Waals surface area contributed by atoms with Crippen molar-refractivity contribution in [2.45, 2.75) is 0 Å². The van der Waals surface area contributed by atoms with Crippen molar-refractivity contribution in [1.82, 2.24) is 9.38 Å². The van der Waals surface area contributed by atoms with Crippen LogP contribution in [0.4, 0.5) is 0 Å². The fourth-order valence-electron chi connectivity index (χ4n) is 1.18. The zero-order chi connectivity index (χ0) is 10.1. The van der Waals surface area contributed by atoms with E-state index in [1.54, 1.807) is 28.8 Å². The smallest absolute Gasteiger partial charge is 0.358 e. The van der Waals surface area contributed by atoms with Gasteiger partial charge in [0.15, 0.2) is 5.69 Å². The Hall–Kier alpha value is -1.55. The summed E-state index contributed by atoms with van der Waals surface area (Å²) in [4.78, 5) is 15.2. The predicted octanol–water partition coefficient (Wildman–Crippen LogP) is 1.77. The Kier molecular flexibility index (Phi) is 2.13. The van der Waals surface area contributed by atoms with Crippen molar-refractivity contribution in [3.63, 3.8) is 0 Å². The Morgan fingerprint density at radius 2 is 2.36 bits per heavy atom. The molecule has 0 atom stereocenters. The van der Waals surface area contributed by atoms with E-state index >= 15 is 0 Å². The standard InChI is InChI=1S/C9H7ClN2O2/c1-14-9(13)6-5-12-7(10)3-2-4-8(12)11-6/h2-5H,1H3. The molecule has 0 N–H and O–H groups in total. The molecule has 0 aromatic carbocycles. The van der Waals surface area contributed by atoms with Crippen molar-refractivity contribution in [3.8, 4) is 0 Å². The zero-order valence-corrected chi connectivity index (χ0v) is 8.15. The highest BCUT2D eigenvalue weighted by molar-refractivity contribution is 6.29. The number of nitrogens with zero attached hydrogens (tertiary/aromatic N) is 2. The number of ether oxygens (including phenoxy) is 1. The molecule has 0 spiro atoms. The van der Waals surface area contributed by atoms with Crippen LogP contribution < -0.4 is 0 Å². The molecule has 2 aromatic heterocycles. The van der Waals surface area contributed by atoms with Crippen LogP contribution in [-0.2, 0) is 4.74 Å². The number of aromatic nitrogens is 2. The van der Waals surface area contributed by atoms with E-state index in [0.717, 1.165) is 0 Å². The van der Waals surface area contributed by atoms with E-state index in [0.29, 0.717) is 10.8 Å².